The van der Waals surface area contributed by atoms with Crippen LogP contribution < -0.4 is 22.5 Å². The first kappa shape index (κ1) is 38.6. The Balaban J connectivity index is -0.00000544. The quantitative estimate of drug-likeness (QED) is 0.104. The van der Waals surface area contributed by atoms with Crippen LogP contribution in [0.5, 0.6) is 0 Å². The molecule has 12 heteroatoms. The molecular formula is C24H48N2O9S. The van der Waals surface area contributed by atoms with E-state index in [9.17, 15) is 42.4 Å². The number of quaternary nitrogens is 2. The molecule has 9 N–H and O–H groups in total. The van der Waals surface area contributed by atoms with Gasteiger partial charge in [0.05, 0.1) is 11.9 Å². The van der Waals surface area contributed by atoms with Crippen molar-refractivity contribution in [2.75, 3.05) is 0 Å². The maximum absolute atomic E-state index is 13.0. The van der Waals surface area contributed by atoms with Crippen LogP contribution in [0.2, 0.25) is 0 Å². The van der Waals surface area contributed by atoms with E-state index in [-0.39, 0.29) is 25.1 Å². The fourth-order valence-electron chi connectivity index (χ4n) is 4.18. The number of aliphatic carboxylic acids is 2. The van der Waals surface area contributed by atoms with Gasteiger partial charge < -0.3 is 32.1 Å². The van der Waals surface area contributed by atoms with E-state index in [0.29, 0.717) is 12.8 Å². The first-order chi connectivity index (χ1) is 16.0. The molecular weight excluding hydrogens is 492 g/mol. The number of unbranched alkanes of at least 4 members (excludes halogenated alkanes) is 12. The average molecular weight is 541 g/mol. The van der Waals surface area contributed by atoms with Crippen LogP contribution in [-0.2, 0) is 29.3 Å². The summed E-state index contributed by atoms with van der Waals surface area (Å²) < 4.78 is 33.1. The first-order valence-corrected chi connectivity index (χ1v) is 13.9. The first-order valence-electron chi connectivity index (χ1n) is 12.4. The Bertz CT molecular complexity index is 740. The van der Waals surface area contributed by atoms with E-state index in [1.165, 1.54) is 0 Å². The van der Waals surface area contributed by atoms with E-state index < -0.39 is 57.1 Å². The maximum atomic E-state index is 13.0. The zero-order valence-corrected chi connectivity index (χ0v) is 23.3. The fourth-order valence-corrected chi connectivity index (χ4v) is 5.23. The number of carboxylic acid groups (broad SMARTS) is 2. The summed E-state index contributed by atoms with van der Waals surface area (Å²) in [4.78, 5) is 49.7. The van der Waals surface area contributed by atoms with Gasteiger partial charge in [0, 0.05) is 12.8 Å². The summed E-state index contributed by atoms with van der Waals surface area (Å²) in [6, 6.07) is 0. The van der Waals surface area contributed by atoms with Gasteiger partial charge in [0.1, 0.15) is 0 Å². The van der Waals surface area contributed by atoms with Gasteiger partial charge in [0.25, 0.3) is 10.1 Å². The molecule has 0 rings (SSSR count). The number of ketones is 2. The topological polar surface area (TPSA) is 242 Å². The van der Waals surface area contributed by atoms with Crippen molar-refractivity contribution in [2.45, 2.75) is 122 Å². The second-order valence-electron chi connectivity index (χ2n) is 8.90. The smallest absolute Gasteiger partial charge is 0.275 e. The van der Waals surface area contributed by atoms with Gasteiger partial charge in [-0.25, -0.2) is 0 Å². The molecule has 0 bridgehead atoms. The minimum atomic E-state index is -5.67. The maximum Gasteiger partial charge on any atom is 0.275 e. The molecule has 1 atom stereocenters. The van der Waals surface area contributed by atoms with Crippen LogP contribution in [0.1, 0.15) is 117 Å². The van der Waals surface area contributed by atoms with Crippen molar-refractivity contribution in [3.05, 3.63) is 0 Å². The molecule has 0 saturated heterocycles. The van der Waals surface area contributed by atoms with Crippen molar-refractivity contribution in [1.29, 1.82) is 0 Å². The van der Waals surface area contributed by atoms with Gasteiger partial charge in [-0.3, -0.25) is 14.1 Å². The fraction of sp³-hybridized carbons (Fsp3) is 0.833. The molecule has 36 heavy (non-hydrogen) atoms. The Hall–Kier alpha value is -1.89. The Labute approximate surface area is 215 Å². The van der Waals surface area contributed by atoms with Crippen LogP contribution in [0.4, 0.5) is 0 Å². The van der Waals surface area contributed by atoms with Crippen LogP contribution >= 0.6 is 0 Å². The summed E-state index contributed by atoms with van der Waals surface area (Å²) in [7, 11) is -5.67. The van der Waals surface area contributed by atoms with Crippen molar-refractivity contribution in [2.24, 2.45) is 5.41 Å². The lowest BCUT2D eigenvalue weighted by Gasteiger charge is -2.37. The predicted molar refractivity (Wildman–Crippen MR) is 135 cm³/mol. The van der Waals surface area contributed by atoms with E-state index in [1.807, 2.05) is 0 Å². The number of hydrogen-bond acceptors (Lipinski definition) is 8. The summed E-state index contributed by atoms with van der Waals surface area (Å²) in [5.41, 5.74) is -3.54. The molecule has 11 nitrogen and oxygen atoms in total. The number of hydrogen-bond donors (Lipinski definition) is 3. The third-order valence-corrected chi connectivity index (χ3v) is 7.26. The summed E-state index contributed by atoms with van der Waals surface area (Å²) in [5.74, 6) is -7.76. The summed E-state index contributed by atoms with van der Waals surface area (Å²) >= 11 is 0. The van der Waals surface area contributed by atoms with Gasteiger partial charge in [0.15, 0.2) is 22.2 Å². The molecule has 0 heterocycles. The highest BCUT2D eigenvalue weighted by molar-refractivity contribution is 7.87. The molecule has 0 spiro atoms. The molecule has 0 aliphatic carbocycles. The van der Waals surface area contributed by atoms with Crippen LogP contribution in [0.15, 0.2) is 0 Å². The molecule has 0 fully saturated rings. The highest BCUT2D eigenvalue weighted by Gasteiger charge is 2.57. The standard InChI is InChI=1S/C24H42O9S.2H3N/c1-3-5-7-9-11-13-15-17-19(25)24(23(29)30,21(22(27)28)34(31,32)33)20(26)18-16-14-12-10-8-6-4-2;;/h21H,3-18H2,1-2H3,(H,27,28)(H,29,30)(H,31,32,33);2*1H3. The molecule has 0 saturated carbocycles. The Morgan fingerprint density at radius 2 is 0.972 bits per heavy atom. The summed E-state index contributed by atoms with van der Waals surface area (Å²) in [6.45, 7) is 4.12. The van der Waals surface area contributed by atoms with Crippen molar-refractivity contribution in [3.63, 3.8) is 0 Å². The highest BCUT2D eigenvalue weighted by Crippen LogP contribution is 2.34. The number of Topliss-reactive ketones (excluding diaryl/α,β-unsaturated/α-hetero) is 2. The molecule has 0 aromatic carbocycles. The van der Waals surface area contributed by atoms with Gasteiger partial charge >= 0.3 is 0 Å². The third-order valence-electron chi connectivity index (χ3n) is 6.12. The highest BCUT2D eigenvalue weighted by atomic mass is 32.2. The van der Waals surface area contributed by atoms with E-state index in [1.54, 1.807) is 0 Å². The van der Waals surface area contributed by atoms with Crippen molar-refractivity contribution in [1.82, 2.24) is 12.3 Å². The van der Waals surface area contributed by atoms with Crippen molar-refractivity contribution < 1.29 is 42.4 Å². The SMILES string of the molecule is CCCCCCCCCC(=O)C(C(=O)[O-])(C(=O)CCCCCCCCC)C(C(=O)[O-])S(=O)(=O)O.[NH4+].[NH4+]. The van der Waals surface area contributed by atoms with E-state index in [2.05, 4.69) is 13.8 Å². The molecule has 0 amide bonds. The lowest BCUT2D eigenvalue weighted by atomic mass is 9.72. The van der Waals surface area contributed by atoms with Gasteiger partial charge in [-0.2, -0.15) is 8.42 Å². The minimum Gasteiger partial charge on any atom is -0.549 e. The number of carboxylic acids is 2. The Morgan fingerprint density at radius 1 is 0.667 bits per heavy atom. The van der Waals surface area contributed by atoms with Crippen LogP contribution in [0.3, 0.4) is 0 Å². The van der Waals surface area contributed by atoms with E-state index >= 15 is 0 Å². The zero-order valence-electron chi connectivity index (χ0n) is 22.5. The zero-order chi connectivity index (χ0) is 26.2. The molecule has 0 aliphatic rings. The monoisotopic (exact) mass is 540 g/mol. The predicted octanol–water partition coefficient (Wildman–Crippen LogP) is 2.90. The molecule has 1 unspecified atom stereocenters. The molecule has 0 radical (unpaired) electrons. The molecule has 0 aromatic heterocycles. The Kier molecular flexibility index (Phi) is 21.7. The second kappa shape index (κ2) is 20.2. The molecule has 0 aliphatic heterocycles. The normalized spacial score (nSPS) is 12.2. The lowest BCUT2D eigenvalue weighted by Crippen LogP contribution is -2.66. The number of rotatable bonds is 22. The number of carbonyl (C=O) groups excluding carboxylic acids is 4. The van der Waals surface area contributed by atoms with Gasteiger partial charge in [-0.05, 0) is 12.8 Å². The van der Waals surface area contributed by atoms with Crippen molar-refractivity contribution >= 4 is 33.6 Å². The minimum absolute atomic E-state index is 0. The van der Waals surface area contributed by atoms with E-state index in [4.69, 9.17) is 0 Å². The third kappa shape index (κ3) is 12.4. The Morgan fingerprint density at radius 3 is 1.22 bits per heavy atom. The van der Waals surface area contributed by atoms with Crippen LogP contribution in [-0.4, -0.2) is 41.7 Å². The number of carbonyl (C=O) groups is 4. The van der Waals surface area contributed by atoms with Crippen molar-refractivity contribution in [3.8, 4) is 0 Å². The molecule has 0 aromatic rings. The van der Waals surface area contributed by atoms with E-state index in [0.717, 1.165) is 64.2 Å². The van der Waals surface area contributed by atoms with Crippen LogP contribution in [0.25, 0.3) is 0 Å². The second-order valence-corrected chi connectivity index (χ2v) is 10.4. The molecule has 214 valence electrons. The summed E-state index contributed by atoms with van der Waals surface area (Å²) in [5, 5.41) is 20.4. The van der Waals surface area contributed by atoms with Gasteiger partial charge in [0.2, 0.25) is 0 Å². The van der Waals surface area contributed by atoms with Gasteiger partial charge in [-0.15, -0.1) is 0 Å². The largest absolute Gasteiger partial charge is 0.549 e. The van der Waals surface area contributed by atoms with Gasteiger partial charge in [-0.1, -0.05) is 90.9 Å². The summed E-state index contributed by atoms with van der Waals surface area (Å²) in [6.07, 6.45) is 9.80. The van der Waals surface area contributed by atoms with Crippen LogP contribution in [0, 0.1) is 5.41 Å². The average Bonchev–Trinajstić information content (AvgIpc) is 2.74. The lowest BCUT2D eigenvalue weighted by molar-refractivity contribution is -0.323.